The zero-order valence-electron chi connectivity index (χ0n) is 34.7. The summed E-state index contributed by atoms with van der Waals surface area (Å²) in [6, 6.07) is 59.2. The van der Waals surface area contributed by atoms with Gasteiger partial charge >= 0.3 is 0 Å². The molecule has 0 N–H and O–H groups in total. The molecule has 297 valence electrons. The third-order valence-electron chi connectivity index (χ3n) is 10.7. The van der Waals surface area contributed by atoms with E-state index in [9.17, 15) is 0 Å². The Bertz CT molecular complexity index is 2750. The molecular formula is C53H49IrN3OSi-2. The van der Waals surface area contributed by atoms with Crippen molar-refractivity contribution in [3.8, 4) is 50.8 Å². The summed E-state index contributed by atoms with van der Waals surface area (Å²) in [6.45, 7) is 16.1. The second-order valence-electron chi connectivity index (χ2n) is 16.5. The van der Waals surface area contributed by atoms with Crippen molar-refractivity contribution in [1.82, 2.24) is 14.5 Å². The van der Waals surface area contributed by atoms with E-state index in [0.29, 0.717) is 11.8 Å². The number of benzene rings is 6. The molecule has 0 saturated heterocycles. The van der Waals surface area contributed by atoms with Crippen LogP contribution >= 0.6 is 0 Å². The number of furan rings is 1. The van der Waals surface area contributed by atoms with E-state index in [1.54, 1.807) is 0 Å². The topological polar surface area (TPSA) is 43.9 Å². The van der Waals surface area contributed by atoms with Gasteiger partial charge in [-0.1, -0.05) is 126 Å². The SMILES string of the molecule is CC(C)c1cc(-c2ccccc2)cc(C(C)C)c1-n1c(-c2[c-]ccc(-c3cc4ccccc4o3)c2)nc2ccccc21.C[Si](C)(C)c1ccc(-c2[c-]cccc2)nc1.[Ir]. The van der Waals surface area contributed by atoms with E-state index in [-0.39, 0.29) is 20.1 Å². The molecule has 59 heavy (non-hydrogen) atoms. The van der Waals surface area contributed by atoms with Gasteiger partial charge in [0.05, 0.1) is 24.9 Å². The van der Waals surface area contributed by atoms with E-state index in [1.807, 2.05) is 54.7 Å². The van der Waals surface area contributed by atoms with Crippen molar-refractivity contribution in [2.75, 3.05) is 0 Å². The number of rotatable bonds is 8. The van der Waals surface area contributed by atoms with Crippen LogP contribution in [0.15, 0.2) is 162 Å². The Hall–Kier alpha value is -5.65. The number of para-hydroxylation sites is 3. The molecule has 0 atom stereocenters. The van der Waals surface area contributed by atoms with Crippen molar-refractivity contribution in [2.24, 2.45) is 0 Å². The molecule has 0 spiro atoms. The standard InChI is InChI=1S/C39H33N2O.C14H16NSi.Ir/c1-25(2)32-22-31(27-13-6-5-7-14-27)23-33(26(3)4)38(32)41-35-19-10-9-18-34(35)40-39(41)30-17-12-16-28(21-30)37-24-29-15-8-11-20-36(29)42-37;1-16(2,3)13-9-10-14(15-11-13)12-7-5-4-6-8-12;/h5-16,18-26H,1-4H3;4-7,9-11H,1-3H3;/q2*-1;. The van der Waals surface area contributed by atoms with Crippen molar-refractivity contribution >= 4 is 35.3 Å². The van der Waals surface area contributed by atoms with Gasteiger partial charge in [-0.25, -0.2) is 0 Å². The maximum absolute atomic E-state index is 6.23. The predicted molar refractivity (Wildman–Crippen MR) is 246 cm³/mol. The summed E-state index contributed by atoms with van der Waals surface area (Å²) in [5.41, 5.74) is 13.2. The minimum absolute atomic E-state index is 0. The molecule has 0 unspecified atom stereocenters. The average molecular weight is 964 g/mol. The molecule has 0 aliphatic carbocycles. The fourth-order valence-corrected chi connectivity index (χ4v) is 8.51. The molecule has 0 fully saturated rings. The maximum Gasteiger partial charge on any atom is 0.134 e. The molecule has 3 heterocycles. The second kappa shape index (κ2) is 17.7. The summed E-state index contributed by atoms with van der Waals surface area (Å²) in [5, 5.41) is 2.49. The van der Waals surface area contributed by atoms with Gasteiger partial charge in [0.25, 0.3) is 0 Å². The van der Waals surface area contributed by atoms with Crippen molar-refractivity contribution in [3.05, 3.63) is 181 Å². The molecule has 9 aromatic rings. The number of pyridine rings is 1. The van der Waals surface area contributed by atoms with Crippen LogP contribution in [0, 0.1) is 12.1 Å². The first-order valence-electron chi connectivity index (χ1n) is 20.2. The van der Waals surface area contributed by atoms with Gasteiger partial charge < -0.3 is 14.0 Å². The van der Waals surface area contributed by atoms with Crippen LogP contribution in [-0.4, -0.2) is 22.6 Å². The van der Waals surface area contributed by atoms with E-state index >= 15 is 0 Å². The third-order valence-corrected chi connectivity index (χ3v) is 12.7. The van der Waals surface area contributed by atoms with Gasteiger partial charge in [0.2, 0.25) is 0 Å². The molecule has 3 aromatic heterocycles. The van der Waals surface area contributed by atoms with Gasteiger partial charge in [-0.2, -0.15) is 0 Å². The maximum atomic E-state index is 6.23. The molecule has 0 saturated carbocycles. The molecule has 6 heteroatoms. The van der Waals surface area contributed by atoms with Gasteiger partial charge in [-0.15, -0.1) is 65.7 Å². The van der Waals surface area contributed by atoms with Crippen LogP contribution in [0.2, 0.25) is 19.6 Å². The number of aromatic nitrogens is 3. The van der Waals surface area contributed by atoms with E-state index in [2.05, 4.69) is 172 Å². The molecule has 0 bridgehead atoms. The molecule has 0 aliphatic rings. The first-order chi connectivity index (χ1) is 28.0. The Labute approximate surface area is 363 Å². The third kappa shape index (κ3) is 8.86. The van der Waals surface area contributed by atoms with Crippen LogP contribution < -0.4 is 5.19 Å². The molecule has 9 rings (SSSR count). The van der Waals surface area contributed by atoms with Crippen LogP contribution in [0.1, 0.15) is 50.7 Å². The monoisotopic (exact) mass is 964 g/mol. The van der Waals surface area contributed by atoms with Gasteiger partial charge in [0.15, 0.2) is 0 Å². The number of imidazole rings is 1. The number of fused-ring (bicyclic) bond motifs is 2. The average Bonchev–Trinajstić information content (AvgIpc) is 3.86. The summed E-state index contributed by atoms with van der Waals surface area (Å²) in [4.78, 5) is 9.74. The van der Waals surface area contributed by atoms with Crippen molar-refractivity contribution in [1.29, 1.82) is 0 Å². The van der Waals surface area contributed by atoms with Crippen LogP contribution in [0.5, 0.6) is 0 Å². The van der Waals surface area contributed by atoms with Gasteiger partial charge in [-0.3, -0.25) is 4.98 Å². The fraction of sp³-hybridized carbons (Fsp3) is 0.170. The number of nitrogens with zero attached hydrogens (tertiary/aromatic N) is 3. The molecule has 1 radical (unpaired) electrons. The molecule has 0 amide bonds. The van der Waals surface area contributed by atoms with Gasteiger partial charge in [0.1, 0.15) is 11.3 Å². The summed E-state index contributed by atoms with van der Waals surface area (Å²) in [7, 11) is -1.23. The quantitative estimate of drug-likeness (QED) is 0.113. The molecule has 0 aliphatic heterocycles. The number of hydrogen-bond donors (Lipinski definition) is 0. The van der Waals surface area contributed by atoms with Crippen LogP contribution in [0.4, 0.5) is 0 Å². The molecule has 4 nitrogen and oxygen atoms in total. The van der Waals surface area contributed by atoms with E-state index < -0.39 is 8.07 Å². The van der Waals surface area contributed by atoms with Crippen molar-refractivity contribution in [2.45, 2.75) is 59.2 Å². The first-order valence-corrected chi connectivity index (χ1v) is 23.7. The van der Waals surface area contributed by atoms with E-state index in [4.69, 9.17) is 9.40 Å². The molecule has 6 aromatic carbocycles. The first kappa shape index (κ1) is 41.5. The Morgan fingerprint density at radius 2 is 1.29 bits per heavy atom. The smallest absolute Gasteiger partial charge is 0.134 e. The summed E-state index contributed by atoms with van der Waals surface area (Å²) in [6.07, 6.45) is 2.02. The fourth-order valence-electron chi connectivity index (χ4n) is 7.47. The van der Waals surface area contributed by atoms with Crippen LogP contribution in [0.3, 0.4) is 0 Å². The zero-order chi connectivity index (χ0) is 40.4. The minimum Gasteiger partial charge on any atom is -0.458 e. The normalized spacial score (nSPS) is 11.5. The van der Waals surface area contributed by atoms with Crippen LogP contribution in [0.25, 0.3) is 72.8 Å². The Morgan fingerprint density at radius 1 is 0.610 bits per heavy atom. The summed E-state index contributed by atoms with van der Waals surface area (Å²) >= 11 is 0. The van der Waals surface area contributed by atoms with Crippen molar-refractivity contribution in [3.63, 3.8) is 0 Å². The largest absolute Gasteiger partial charge is 0.458 e. The Balaban J connectivity index is 0.000000262. The van der Waals surface area contributed by atoms with Crippen LogP contribution in [-0.2, 0) is 20.1 Å². The Morgan fingerprint density at radius 3 is 1.95 bits per heavy atom. The van der Waals surface area contributed by atoms with Crippen molar-refractivity contribution < 1.29 is 24.5 Å². The second-order valence-corrected chi connectivity index (χ2v) is 21.6. The summed E-state index contributed by atoms with van der Waals surface area (Å²) < 4.78 is 8.60. The van der Waals surface area contributed by atoms with Gasteiger partial charge in [0, 0.05) is 37.4 Å². The summed E-state index contributed by atoms with van der Waals surface area (Å²) in [5.74, 6) is 2.33. The predicted octanol–water partition coefficient (Wildman–Crippen LogP) is 13.9. The Kier molecular flexibility index (Phi) is 12.4. The number of hydrogen-bond acceptors (Lipinski definition) is 3. The zero-order valence-corrected chi connectivity index (χ0v) is 38.1. The van der Waals surface area contributed by atoms with Gasteiger partial charge in [-0.05, 0) is 81.4 Å². The van der Waals surface area contributed by atoms with E-state index in [1.165, 1.54) is 33.1 Å². The minimum atomic E-state index is -1.23. The molecular weight excluding hydrogens is 915 g/mol. The van der Waals surface area contributed by atoms with E-state index in [0.717, 1.165) is 56.0 Å².